The third-order valence-corrected chi connectivity index (χ3v) is 4.49. The average molecular weight is 276 g/mol. The number of rotatable bonds is 5. The van der Waals surface area contributed by atoms with E-state index in [9.17, 15) is 0 Å². The van der Waals surface area contributed by atoms with E-state index in [1.807, 2.05) is 0 Å². The van der Waals surface area contributed by atoms with Crippen LogP contribution in [0.3, 0.4) is 0 Å². The quantitative estimate of drug-likeness (QED) is 0.895. The lowest BCUT2D eigenvalue weighted by Crippen LogP contribution is -2.46. The van der Waals surface area contributed by atoms with Gasteiger partial charge in [-0.1, -0.05) is 32.4 Å². The van der Waals surface area contributed by atoms with Crippen LogP contribution in [0.2, 0.25) is 0 Å². The van der Waals surface area contributed by atoms with Crippen molar-refractivity contribution in [2.45, 2.75) is 33.2 Å². The lowest BCUT2D eigenvalue weighted by atomic mass is 9.89. The van der Waals surface area contributed by atoms with E-state index in [2.05, 4.69) is 49.2 Å². The molecule has 0 radical (unpaired) electrons. The number of benzene rings is 1. The van der Waals surface area contributed by atoms with Crippen LogP contribution in [0.25, 0.3) is 0 Å². The highest BCUT2D eigenvalue weighted by Gasteiger charge is 2.26. The predicted molar refractivity (Wildman–Crippen MR) is 84.4 cm³/mol. The second kappa shape index (κ2) is 7.09. The Hall–Kier alpha value is -1.06. The van der Waals surface area contributed by atoms with Crippen molar-refractivity contribution < 1.29 is 4.74 Å². The molecule has 1 aromatic rings. The number of methoxy groups -OCH3 is 1. The summed E-state index contributed by atoms with van der Waals surface area (Å²) in [5.74, 6) is 1.65. The summed E-state index contributed by atoms with van der Waals surface area (Å²) in [5, 5.41) is 3.45. The maximum absolute atomic E-state index is 5.39. The smallest absolute Gasteiger partial charge is 0.121 e. The maximum atomic E-state index is 5.39. The van der Waals surface area contributed by atoms with Gasteiger partial charge in [-0.15, -0.1) is 0 Å². The molecule has 0 aromatic heterocycles. The van der Waals surface area contributed by atoms with Crippen molar-refractivity contribution in [1.29, 1.82) is 0 Å². The first-order chi connectivity index (χ1) is 9.67. The van der Waals surface area contributed by atoms with Crippen LogP contribution >= 0.6 is 0 Å². The molecule has 0 aliphatic carbocycles. The molecule has 1 saturated heterocycles. The van der Waals surface area contributed by atoms with Crippen LogP contribution in [0.4, 0.5) is 0 Å². The summed E-state index contributed by atoms with van der Waals surface area (Å²) < 4.78 is 5.39. The molecule has 1 aromatic carbocycles. The minimum atomic E-state index is 0.520. The number of ether oxygens (including phenoxy) is 1. The molecule has 3 heteroatoms. The molecule has 1 aliphatic rings. The monoisotopic (exact) mass is 276 g/mol. The third kappa shape index (κ3) is 3.33. The lowest BCUT2D eigenvalue weighted by Gasteiger charge is -2.38. The highest BCUT2D eigenvalue weighted by Crippen LogP contribution is 2.33. The van der Waals surface area contributed by atoms with Crippen LogP contribution in [-0.4, -0.2) is 38.2 Å². The number of hydrogen-bond donors (Lipinski definition) is 1. The van der Waals surface area contributed by atoms with Crippen molar-refractivity contribution in [3.05, 3.63) is 29.3 Å². The Balaban J connectivity index is 2.27. The number of piperazine rings is 1. The Kier molecular flexibility index (Phi) is 5.44. The van der Waals surface area contributed by atoms with Crippen LogP contribution in [0.15, 0.2) is 18.2 Å². The summed E-state index contributed by atoms with van der Waals surface area (Å²) in [6.45, 7) is 11.3. The molecule has 2 atom stereocenters. The summed E-state index contributed by atoms with van der Waals surface area (Å²) in [4.78, 5) is 2.63. The molecular formula is C17H28N2O. The van der Waals surface area contributed by atoms with E-state index in [-0.39, 0.29) is 0 Å². The predicted octanol–water partition coefficient (Wildman–Crippen LogP) is 3.00. The molecule has 0 saturated carbocycles. The first-order valence-electron chi connectivity index (χ1n) is 7.76. The van der Waals surface area contributed by atoms with Gasteiger partial charge >= 0.3 is 0 Å². The van der Waals surface area contributed by atoms with Crippen molar-refractivity contribution in [3.8, 4) is 5.75 Å². The second-order valence-corrected chi connectivity index (χ2v) is 5.85. The van der Waals surface area contributed by atoms with E-state index in [4.69, 9.17) is 4.74 Å². The Morgan fingerprint density at radius 1 is 1.30 bits per heavy atom. The van der Waals surface area contributed by atoms with Gasteiger partial charge in [-0.25, -0.2) is 0 Å². The SMILES string of the molecule is CCC(C)[C@@H](c1ccc(OC)c(C)c1)N1CCNCC1. The zero-order valence-electron chi connectivity index (χ0n) is 13.3. The normalized spacial score (nSPS) is 19.6. The van der Waals surface area contributed by atoms with Gasteiger partial charge in [-0.3, -0.25) is 4.90 Å². The molecule has 112 valence electrons. The van der Waals surface area contributed by atoms with E-state index < -0.39 is 0 Å². The van der Waals surface area contributed by atoms with Gasteiger partial charge in [0.2, 0.25) is 0 Å². The number of hydrogen-bond acceptors (Lipinski definition) is 3. The number of nitrogens with zero attached hydrogens (tertiary/aromatic N) is 1. The summed E-state index contributed by atoms with van der Waals surface area (Å²) in [6, 6.07) is 7.18. The van der Waals surface area contributed by atoms with Crippen molar-refractivity contribution >= 4 is 0 Å². The Labute approximate surface area is 123 Å². The maximum Gasteiger partial charge on any atom is 0.121 e. The highest BCUT2D eigenvalue weighted by atomic mass is 16.5. The van der Waals surface area contributed by atoms with Crippen LogP contribution < -0.4 is 10.1 Å². The first-order valence-corrected chi connectivity index (χ1v) is 7.76. The lowest BCUT2D eigenvalue weighted by molar-refractivity contribution is 0.128. The van der Waals surface area contributed by atoms with Gasteiger partial charge < -0.3 is 10.1 Å². The van der Waals surface area contributed by atoms with Crippen LogP contribution in [0.1, 0.15) is 37.4 Å². The molecule has 1 unspecified atom stereocenters. The zero-order valence-corrected chi connectivity index (χ0v) is 13.3. The minimum absolute atomic E-state index is 0.520. The summed E-state index contributed by atoms with van der Waals surface area (Å²) >= 11 is 0. The first kappa shape index (κ1) is 15.3. The van der Waals surface area contributed by atoms with Gasteiger partial charge in [0.1, 0.15) is 5.75 Å². The van der Waals surface area contributed by atoms with Crippen molar-refractivity contribution in [2.24, 2.45) is 5.92 Å². The van der Waals surface area contributed by atoms with Crippen molar-refractivity contribution in [2.75, 3.05) is 33.3 Å². The summed E-state index contributed by atoms with van der Waals surface area (Å²) in [7, 11) is 1.74. The van der Waals surface area contributed by atoms with Gasteiger partial charge in [0.05, 0.1) is 7.11 Å². The molecule has 20 heavy (non-hydrogen) atoms. The van der Waals surface area contributed by atoms with Crippen molar-refractivity contribution in [3.63, 3.8) is 0 Å². The molecule has 1 aliphatic heterocycles. The second-order valence-electron chi connectivity index (χ2n) is 5.85. The fourth-order valence-corrected chi connectivity index (χ4v) is 3.17. The minimum Gasteiger partial charge on any atom is -0.496 e. The summed E-state index contributed by atoms with van der Waals surface area (Å²) in [6.07, 6.45) is 1.21. The standard InChI is InChI=1S/C17H28N2O/c1-5-13(2)17(19-10-8-18-9-11-19)15-6-7-16(20-4)14(3)12-15/h6-7,12-13,17-18H,5,8-11H2,1-4H3/t13?,17-/m0/s1. The van der Waals surface area contributed by atoms with E-state index in [1.54, 1.807) is 7.11 Å². The third-order valence-electron chi connectivity index (χ3n) is 4.49. The molecule has 0 spiro atoms. The van der Waals surface area contributed by atoms with Gasteiger partial charge in [-0.05, 0) is 30.0 Å². The van der Waals surface area contributed by atoms with E-state index in [0.29, 0.717) is 12.0 Å². The average Bonchev–Trinajstić information content (AvgIpc) is 2.48. The summed E-state index contributed by atoms with van der Waals surface area (Å²) in [5.41, 5.74) is 2.66. The Morgan fingerprint density at radius 3 is 2.55 bits per heavy atom. The molecule has 0 amide bonds. The van der Waals surface area contributed by atoms with Gasteiger partial charge in [0.15, 0.2) is 0 Å². The molecule has 2 rings (SSSR count). The molecular weight excluding hydrogens is 248 g/mol. The van der Waals surface area contributed by atoms with E-state index in [1.165, 1.54) is 17.5 Å². The molecule has 1 N–H and O–H groups in total. The van der Waals surface area contributed by atoms with Crippen LogP contribution in [0.5, 0.6) is 5.75 Å². The van der Waals surface area contributed by atoms with Gasteiger partial charge in [0.25, 0.3) is 0 Å². The fraction of sp³-hybridized carbons (Fsp3) is 0.647. The topological polar surface area (TPSA) is 24.5 Å². The van der Waals surface area contributed by atoms with Gasteiger partial charge in [-0.2, -0.15) is 0 Å². The number of aryl methyl sites for hydroxylation is 1. The molecule has 1 heterocycles. The number of nitrogens with one attached hydrogen (secondary N) is 1. The Bertz CT molecular complexity index is 427. The van der Waals surface area contributed by atoms with Crippen LogP contribution in [0, 0.1) is 12.8 Å². The van der Waals surface area contributed by atoms with Crippen LogP contribution in [-0.2, 0) is 0 Å². The largest absolute Gasteiger partial charge is 0.496 e. The van der Waals surface area contributed by atoms with E-state index >= 15 is 0 Å². The Morgan fingerprint density at radius 2 is 2.00 bits per heavy atom. The zero-order chi connectivity index (χ0) is 14.5. The van der Waals surface area contributed by atoms with Crippen molar-refractivity contribution in [1.82, 2.24) is 10.2 Å². The molecule has 3 nitrogen and oxygen atoms in total. The molecule has 1 fully saturated rings. The highest BCUT2D eigenvalue weighted by molar-refractivity contribution is 5.37. The van der Waals surface area contributed by atoms with E-state index in [0.717, 1.165) is 31.9 Å². The van der Waals surface area contributed by atoms with Gasteiger partial charge in [0, 0.05) is 32.2 Å². The molecule has 0 bridgehead atoms. The fourth-order valence-electron chi connectivity index (χ4n) is 3.17.